The van der Waals surface area contributed by atoms with Crippen LogP contribution < -0.4 is 0 Å². The van der Waals surface area contributed by atoms with E-state index in [1.165, 1.54) is 14.0 Å². The van der Waals surface area contributed by atoms with Crippen molar-refractivity contribution in [3.8, 4) is 0 Å². The molecule has 1 unspecified atom stereocenters. The number of hydrogen-bond donors (Lipinski definition) is 1. The van der Waals surface area contributed by atoms with Crippen LogP contribution in [0.1, 0.15) is 20.3 Å². The minimum atomic E-state index is -1.29. The Balaban J connectivity index is 2.93. The van der Waals surface area contributed by atoms with E-state index in [0.717, 1.165) is 0 Å². The Morgan fingerprint density at radius 3 is 2.71 bits per heavy atom. The zero-order chi connectivity index (χ0) is 10.9. The number of methoxy groups -OCH3 is 1. The van der Waals surface area contributed by atoms with Crippen molar-refractivity contribution >= 4 is 0 Å². The predicted octanol–water partition coefficient (Wildman–Crippen LogP) is 0.164. The summed E-state index contributed by atoms with van der Waals surface area (Å²) in [5.74, 6) is 0. The van der Waals surface area contributed by atoms with Gasteiger partial charge in [0.05, 0.1) is 12.5 Å². The third-order valence-corrected chi connectivity index (χ3v) is 2.67. The largest absolute Gasteiger partial charge is 0.371 e. The summed E-state index contributed by atoms with van der Waals surface area (Å²) in [6, 6.07) is 0. The van der Waals surface area contributed by atoms with Crippen LogP contribution >= 0.6 is 0 Å². The molecule has 1 saturated heterocycles. The molecular weight excluding hydrogens is 190 g/mol. The Labute approximate surface area is 82.0 Å². The minimum absolute atomic E-state index is 0.0527. The molecule has 1 heterocycles. The molecule has 6 nitrogen and oxygen atoms in total. The number of nitrogens with zero attached hydrogens (tertiary/aromatic N) is 1. The monoisotopic (exact) mass is 205 g/mol. The molecule has 1 aliphatic heterocycles. The quantitative estimate of drug-likeness (QED) is 0.513. The first-order valence-electron chi connectivity index (χ1n) is 4.42. The highest BCUT2D eigenvalue weighted by Crippen LogP contribution is 2.32. The molecule has 0 saturated carbocycles. The number of hydrogen-bond acceptors (Lipinski definition) is 5. The van der Waals surface area contributed by atoms with Crippen molar-refractivity contribution in [3.63, 3.8) is 0 Å². The Kier molecular flexibility index (Phi) is 3.08. The van der Waals surface area contributed by atoms with Gasteiger partial charge < -0.3 is 14.6 Å². The highest BCUT2D eigenvalue weighted by atomic mass is 16.7. The molecule has 4 atom stereocenters. The van der Waals surface area contributed by atoms with Gasteiger partial charge in [0.2, 0.25) is 0 Å². The van der Waals surface area contributed by atoms with Gasteiger partial charge in [0, 0.05) is 19.0 Å². The molecule has 0 bridgehead atoms. The Hall–Kier alpha value is -0.720. The molecule has 1 N–H and O–H groups in total. The van der Waals surface area contributed by atoms with Gasteiger partial charge in [-0.3, -0.25) is 10.1 Å². The molecule has 0 aromatic carbocycles. The van der Waals surface area contributed by atoms with E-state index in [0.29, 0.717) is 0 Å². The van der Waals surface area contributed by atoms with Gasteiger partial charge in [-0.25, -0.2) is 0 Å². The van der Waals surface area contributed by atoms with Crippen molar-refractivity contribution in [2.75, 3.05) is 7.11 Å². The molecule has 0 spiro atoms. The lowest BCUT2D eigenvalue weighted by Crippen LogP contribution is -2.59. The lowest BCUT2D eigenvalue weighted by molar-refractivity contribution is -0.594. The zero-order valence-corrected chi connectivity index (χ0v) is 8.47. The van der Waals surface area contributed by atoms with E-state index in [9.17, 15) is 15.2 Å². The van der Waals surface area contributed by atoms with Crippen LogP contribution in [0.5, 0.6) is 0 Å². The van der Waals surface area contributed by atoms with Crippen LogP contribution in [0.3, 0.4) is 0 Å². The van der Waals surface area contributed by atoms with Gasteiger partial charge in [-0.2, -0.15) is 0 Å². The first kappa shape index (κ1) is 11.4. The second kappa shape index (κ2) is 3.80. The second-order valence-electron chi connectivity index (χ2n) is 3.77. The average molecular weight is 205 g/mol. The molecule has 82 valence electrons. The van der Waals surface area contributed by atoms with Crippen molar-refractivity contribution < 1.29 is 19.5 Å². The summed E-state index contributed by atoms with van der Waals surface area (Å²) in [6.07, 6.45) is -2.27. The van der Waals surface area contributed by atoms with Crippen LogP contribution in [-0.4, -0.2) is 41.2 Å². The normalized spacial score (nSPS) is 43.6. The van der Waals surface area contributed by atoms with Crippen molar-refractivity contribution in [3.05, 3.63) is 10.1 Å². The van der Waals surface area contributed by atoms with Gasteiger partial charge in [0.1, 0.15) is 0 Å². The first-order valence-corrected chi connectivity index (χ1v) is 4.42. The van der Waals surface area contributed by atoms with E-state index in [1.54, 1.807) is 6.92 Å². The van der Waals surface area contributed by atoms with Gasteiger partial charge >= 0.3 is 0 Å². The number of aliphatic hydroxyl groups excluding tert-OH is 1. The highest BCUT2D eigenvalue weighted by Gasteiger charge is 2.54. The molecule has 0 aliphatic carbocycles. The van der Waals surface area contributed by atoms with Crippen LogP contribution in [-0.2, 0) is 9.47 Å². The van der Waals surface area contributed by atoms with Crippen LogP contribution in [0.25, 0.3) is 0 Å². The number of ether oxygens (including phenoxy) is 2. The maximum absolute atomic E-state index is 10.9. The smallest absolute Gasteiger partial charge is 0.252 e. The van der Waals surface area contributed by atoms with Crippen LogP contribution in [0.2, 0.25) is 0 Å². The van der Waals surface area contributed by atoms with Gasteiger partial charge in [0.15, 0.2) is 12.4 Å². The lowest BCUT2D eigenvalue weighted by atomic mass is 9.86. The molecule has 1 rings (SSSR count). The van der Waals surface area contributed by atoms with Crippen LogP contribution in [0.4, 0.5) is 0 Å². The van der Waals surface area contributed by atoms with Crippen molar-refractivity contribution in [2.45, 2.75) is 44.3 Å². The molecule has 0 aromatic heterocycles. The molecule has 1 aliphatic rings. The van der Waals surface area contributed by atoms with E-state index < -0.39 is 29.0 Å². The Morgan fingerprint density at radius 2 is 2.29 bits per heavy atom. The number of aliphatic hydroxyl groups is 1. The second-order valence-corrected chi connectivity index (χ2v) is 3.77. The molecule has 6 heteroatoms. The van der Waals surface area contributed by atoms with Gasteiger partial charge in [0.25, 0.3) is 5.54 Å². The Morgan fingerprint density at radius 1 is 1.71 bits per heavy atom. The maximum atomic E-state index is 10.9. The molecular formula is C8H15NO5. The number of rotatable bonds is 2. The van der Waals surface area contributed by atoms with Gasteiger partial charge in [-0.05, 0) is 6.92 Å². The zero-order valence-electron chi connectivity index (χ0n) is 8.47. The van der Waals surface area contributed by atoms with E-state index in [1.807, 2.05) is 0 Å². The predicted molar refractivity (Wildman–Crippen MR) is 47.4 cm³/mol. The molecule has 14 heavy (non-hydrogen) atoms. The van der Waals surface area contributed by atoms with Crippen LogP contribution in [0.15, 0.2) is 0 Å². The maximum Gasteiger partial charge on any atom is 0.252 e. The van der Waals surface area contributed by atoms with E-state index >= 15 is 0 Å². The fourth-order valence-corrected chi connectivity index (χ4v) is 1.97. The fraction of sp³-hybridized carbons (Fsp3) is 1.00. The summed E-state index contributed by atoms with van der Waals surface area (Å²) in [6.45, 7) is 3.11. The third kappa shape index (κ3) is 1.73. The van der Waals surface area contributed by atoms with Crippen molar-refractivity contribution in [1.82, 2.24) is 0 Å². The highest BCUT2D eigenvalue weighted by molar-refractivity contribution is 4.92. The summed E-state index contributed by atoms with van der Waals surface area (Å²) in [5, 5.41) is 20.2. The number of nitro groups is 1. The standard InChI is InChI=1S/C8H15NO5/c1-5-7(13-3)8(2,9(11)12)4-6(10)14-5/h5-7,10H,4H2,1-3H3/t5-,6?,7+,8+/m0/s1. The summed E-state index contributed by atoms with van der Waals surface area (Å²) < 4.78 is 10.1. The molecule has 0 amide bonds. The van der Waals surface area contributed by atoms with Gasteiger partial charge in [-0.15, -0.1) is 0 Å². The molecule has 1 fully saturated rings. The topological polar surface area (TPSA) is 81.8 Å². The van der Waals surface area contributed by atoms with Crippen molar-refractivity contribution in [2.24, 2.45) is 0 Å². The summed E-state index contributed by atoms with van der Waals surface area (Å²) in [7, 11) is 1.41. The average Bonchev–Trinajstić information content (AvgIpc) is 2.02. The molecule has 0 aromatic rings. The SMILES string of the molecule is CO[C@@H]1[C@H](C)OC(O)C[C@@]1(C)[N+](=O)[O-]. The molecule has 0 radical (unpaired) electrons. The van der Waals surface area contributed by atoms with E-state index in [4.69, 9.17) is 9.47 Å². The lowest BCUT2D eigenvalue weighted by Gasteiger charge is -2.39. The minimum Gasteiger partial charge on any atom is -0.371 e. The first-order chi connectivity index (χ1) is 6.41. The Bertz CT molecular complexity index is 234. The third-order valence-electron chi connectivity index (χ3n) is 2.67. The van der Waals surface area contributed by atoms with Crippen LogP contribution in [0, 0.1) is 10.1 Å². The van der Waals surface area contributed by atoms with Crippen molar-refractivity contribution in [1.29, 1.82) is 0 Å². The van der Waals surface area contributed by atoms with E-state index in [2.05, 4.69) is 0 Å². The summed E-state index contributed by atoms with van der Waals surface area (Å²) >= 11 is 0. The fourth-order valence-electron chi connectivity index (χ4n) is 1.97. The summed E-state index contributed by atoms with van der Waals surface area (Å²) in [4.78, 5) is 10.5. The van der Waals surface area contributed by atoms with Gasteiger partial charge in [-0.1, -0.05) is 0 Å². The van der Waals surface area contributed by atoms with E-state index in [-0.39, 0.29) is 6.42 Å². The summed E-state index contributed by atoms with van der Waals surface area (Å²) in [5.41, 5.74) is -1.29.